The monoisotopic (exact) mass is 363 g/mol. The summed E-state index contributed by atoms with van der Waals surface area (Å²) in [5.41, 5.74) is 1.41. The normalized spacial score (nSPS) is 16.8. The summed E-state index contributed by atoms with van der Waals surface area (Å²) in [6, 6.07) is 2.21. The highest BCUT2D eigenvalue weighted by Gasteiger charge is 2.25. The molecule has 2 aromatic rings. The van der Waals surface area contributed by atoms with E-state index in [-0.39, 0.29) is 6.61 Å². The van der Waals surface area contributed by atoms with Gasteiger partial charge < -0.3 is 9.67 Å². The SMILES string of the molecule is Cc1ccsc1CN1CCC(c2nnc(CN(C)CCO)n2C)CC1. The number of rotatable bonds is 7. The minimum absolute atomic E-state index is 0.170. The molecular weight excluding hydrogens is 334 g/mol. The highest BCUT2D eigenvalue weighted by atomic mass is 32.1. The van der Waals surface area contributed by atoms with Crippen LogP contribution in [0.4, 0.5) is 0 Å². The molecule has 0 saturated carbocycles. The molecule has 0 aliphatic carbocycles. The van der Waals surface area contributed by atoms with E-state index >= 15 is 0 Å². The zero-order valence-corrected chi connectivity index (χ0v) is 16.3. The summed E-state index contributed by atoms with van der Waals surface area (Å²) in [7, 11) is 4.06. The topological polar surface area (TPSA) is 57.4 Å². The Bertz CT molecular complexity index is 675. The molecule has 1 saturated heterocycles. The van der Waals surface area contributed by atoms with Gasteiger partial charge in [0.2, 0.25) is 0 Å². The van der Waals surface area contributed by atoms with Crippen molar-refractivity contribution in [2.75, 3.05) is 33.3 Å². The Kier molecular flexibility index (Phi) is 6.22. The predicted octanol–water partition coefficient (Wildman–Crippen LogP) is 1.99. The first-order chi connectivity index (χ1) is 12.1. The largest absolute Gasteiger partial charge is 0.395 e. The van der Waals surface area contributed by atoms with Gasteiger partial charge >= 0.3 is 0 Å². The maximum absolute atomic E-state index is 9.04. The van der Waals surface area contributed by atoms with Gasteiger partial charge in [0.05, 0.1) is 13.2 Å². The molecule has 2 aromatic heterocycles. The fraction of sp³-hybridized carbons (Fsp3) is 0.667. The van der Waals surface area contributed by atoms with E-state index in [1.165, 1.54) is 10.4 Å². The molecule has 0 atom stereocenters. The summed E-state index contributed by atoms with van der Waals surface area (Å²) in [6.07, 6.45) is 2.28. The Balaban J connectivity index is 1.56. The van der Waals surface area contributed by atoms with E-state index in [2.05, 4.69) is 50.0 Å². The van der Waals surface area contributed by atoms with Gasteiger partial charge in [0.25, 0.3) is 0 Å². The van der Waals surface area contributed by atoms with E-state index in [0.717, 1.165) is 50.7 Å². The van der Waals surface area contributed by atoms with Gasteiger partial charge in [-0.25, -0.2) is 0 Å². The molecule has 138 valence electrons. The van der Waals surface area contributed by atoms with Gasteiger partial charge in [-0.05, 0) is 56.9 Å². The fourth-order valence-electron chi connectivity index (χ4n) is 3.48. The van der Waals surface area contributed by atoms with Crippen molar-refractivity contribution in [3.05, 3.63) is 33.5 Å². The van der Waals surface area contributed by atoms with Crippen molar-refractivity contribution in [2.24, 2.45) is 7.05 Å². The van der Waals surface area contributed by atoms with Crippen molar-refractivity contribution < 1.29 is 5.11 Å². The van der Waals surface area contributed by atoms with E-state index in [9.17, 15) is 0 Å². The lowest BCUT2D eigenvalue weighted by atomic mass is 9.96. The summed E-state index contributed by atoms with van der Waals surface area (Å²) in [5.74, 6) is 2.58. The van der Waals surface area contributed by atoms with Crippen LogP contribution < -0.4 is 0 Å². The predicted molar refractivity (Wildman–Crippen MR) is 101 cm³/mol. The van der Waals surface area contributed by atoms with E-state index < -0.39 is 0 Å². The molecule has 0 unspecified atom stereocenters. The minimum atomic E-state index is 0.170. The first kappa shape index (κ1) is 18.5. The summed E-state index contributed by atoms with van der Waals surface area (Å²) >= 11 is 1.87. The van der Waals surface area contributed by atoms with Crippen LogP contribution in [0.15, 0.2) is 11.4 Å². The molecule has 0 aromatic carbocycles. The van der Waals surface area contributed by atoms with Crippen LogP contribution in [0.25, 0.3) is 0 Å². The third kappa shape index (κ3) is 4.47. The van der Waals surface area contributed by atoms with Gasteiger partial charge in [-0.1, -0.05) is 0 Å². The lowest BCUT2D eigenvalue weighted by Crippen LogP contribution is -2.33. The number of hydrogen-bond acceptors (Lipinski definition) is 6. The van der Waals surface area contributed by atoms with Crippen molar-refractivity contribution in [1.29, 1.82) is 0 Å². The van der Waals surface area contributed by atoms with E-state index in [0.29, 0.717) is 12.5 Å². The first-order valence-corrected chi connectivity index (χ1v) is 9.89. The number of likely N-dealkylation sites (tertiary alicyclic amines) is 1. The Morgan fingerprint density at radius 2 is 2.08 bits per heavy atom. The summed E-state index contributed by atoms with van der Waals surface area (Å²) in [5, 5.41) is 20.1. The van der Waals surface area contributed by atoms with E-state index in [4.69, 9.17) is 5.11 Å². The smallest absolute Gasteiger partial charge is 0.146 e. The quantitative estimate of drug-likeness (QED) is 0.815. The second kappa shape index (κ2) is 8.40. The van der Waals surface area contributed by atoms with Gasteiger partial charge in [0, 0.05) is 30.9 Å². The average molecular weight is 364 g/mol. The summed E-state index contributed by atoms with van der Waals surface area (Å²) in [6.45, 7) is 7.07. The second-order valence-corrected chi connectivity index (χ2v) is 8.07. The third-order valence-corrected chi connectivity index (χ3v) is 6.19. The molecule has 1 N–H and O–H groups in total. The lowest BCUT2D eigenvalue weighted by Gasteiger charge is -2.31. The van der Waals surface area contributed by atoms with Crippen molar-refractivity contribution >= 4 is 11.3 Å². The number of likely N-dealkylation sites (N-methyl/N-ethyl adjacent to an activating group) is 1. The Labute approximate surface area is 154 Å². The van der Waals surface area contributed by atoms with E-state index in [1.54, 1.807) is 0 Å². The molecule has 0 amide bonds. The third-order valence-electron chi connectivity index (χ3n) is 5.18. The van der Waals surface area contributed by atoms with Crippen LogP contribution in [-0.4, -0.2) is 63.0 Å². The molecule has 1 aliphatic rings. The number of aliphatic hydroxyl groups is 1. The molecule has 7 heteroatoms. The van der Waals surface area contributed by atoms with Crippen LogP contribution in [0.3, 0.4) is 0 Å². The van der Waals surface area contributed by atoms with Gasteiger partial charge in [0.15, 0.2) is 0 Å². The maximum Gasteiger partial charge on any atom is 0.146 e. The lowest BCUT2D eigenvalue weighted by molar-refractivity contribution is 0.201. The van der Waals surface area contributed by atoms with Crippen molar-refractivity contribution in [3.63, 3.8) is 0 Å². The number of aliphatic hydroxyl groups excluding tert-OH is 1. The van der Waals surface area contributed by atoms with Crippen molar-refractivity contribution in [2.45, 2.75) is 38.8 Å². The molecule has 3 heterocycles. The maximum atomic E-state index is 9.04. The van der Waals surface area contributed by atoms with Gasteiger partial charge in [0.1, 0.15) is 11.6 Å². The Morgan fingerprint density at radius 3 is 2.72 bits per heavy atom. The Morgan fingerprint density at radius 1 is 1.32 bits per heavy atom. The summed E-state index contributed by atoms with van der Waals surface area (Å²) < 4.78 is 2.15. The minimum Gasteiger partial charge on any atom is -0.395 e. The number of aryl methyl sites for hydroxylation is 1. The second-order valence-electron chi connectivity index (χ2n) is 7.07. The van der Waals surface area contributed by atoms with Crippen LogP contribution in [0, 0.1) is 6.92 Å². The number of aromatic nitrogens is 3. The molecule has 0 radical (unpaired) electrons. The van der Waals surface area contributed by atoms with Gasteiger partial charge in [-0.2, -0.15) is 0 Å². The van der Waals surface area contributed by atoms with Crippen LogP contribution in [-0.2, 0) is 20.1 Å². The number of thiophene rings is 1. The molecule has 3 rings (SSSR count). The highest BCUT2D eigenvalue weighted by Crippen LogP contribution is 2.28. The van der Waals surface area contributed by atoms with Gasteiger partial charge in [-0.3, -0.25) is 9.80 Å². The number of nitrogens with zero attached hydrogens (tertiary/aromatic N) is 5. The Hall–Kier alpha value is -1.28. The van der Waals surface area contributed by atoms with Crippen LogP contribution >= 0.6 is 11.3 Å². The van der Waals surface area contributed by atoms with Gasteiger partial charge in [-0.15, -0.1) is 21.5 Å². The van der Waals surface area contributed by atoms with Crippen molar-refractivity contribution in [1.82, 2.24) is 24.6 Å². The molecule has 1 fully saturated rings. The first-order valence-electron chi connectivity index (χ1n) is 9.01. The molecule has 25 heavy (non-hydrogen) atoms. The summed E-state index contributed by atoms with van der Waals surface area (Å²) in [4.78, 5) is 6.12. The highest BCUT2D eigenvalue weighted by molar-refractivity contribution is 7.10. The van der Waals surface area contributed by atoms with Crippen LogP contribution in [0.1, 0.15) is 40.8 Å². The molecule has 6 nitrogen and oxygen atoms in total. The number of hydrogen-bond donors (Lipinski definition) is 1. The molecule has 0 bridgehead atoms. The van der Waals surface area contributed by atoms with Crippen molar-refractivity contribution in [3.8, 4) is 0 Å². The molecule has 1 aliphatic heterocycles. The number of piperidine rings is 1. The zero-order chi connectivity index (χ0) is 17.8. The molecular formula is C18H29N5OS. The van der Waals surface area contributed by atoms with Crippen LogP contribution in [0.5, 0.6) is 0 Å². The fourth-order valence-corrected chi connectivity index (χ4v) is 4.43. The average Bonchev–Trinajstić information content (AvgIpc) is 3.16. The van der Waals surface area contributed by atoms with Crippen LogP contribution in [0.2, 0.25) is 0 Å². The standard InChI is InChI=1S/C18H29N5OS/c1-14-6-11-25-16(14)12-23-7-4-15(5-8-23)18-20-19-17(22(18)3)13-21(2)9-10-24/h6,11,15,24H,4-5,7-10,12-13H2,1-3H3. The molecule has 0 spiro atoms. The van der Waals surface area contributed by atoms with E-state index in [1.807, 2.05) is 18.4 Å². The zero-order valence-electron chi connectivity index (χ0n) is 15.5.